The van der Waals surface area contributed by atoms with E-state index in [-0.39, 0.29) is 17.4 Å². The average molecular weight is 213 g/mol. The molecule has 0 fully saturated rings. The van der Waals surface area contributed by atoms with E-state index in [4.69, 9.17) is 15.6 Å². The van der Waals surface area contributed by atoms with E-state index in [2.05, 4.69) is 0 Å². The number of rotatable bonds is 3. The van der Waals surface area contributed by atoms with Crippen molar-refractivity contribution in [3.8, 4) is 5.75 Å². The van der Waals surface area contributed by atoms with Crippen molar-refractivity contribution in [2.75, 3.05) is 5.73 Å². The van der Waals surface area contributed by atoms with Gasteiger partial charge in [0.25, 0.3) is 0 Å². The largest absolute Gasteiger partial charge is 0.490 e. The van der Waals surface area contributed by atoms with Crippen molar-refractivity contribution in [1.82, 2.24) is 0 Å². The van der Waals surface area contributed by atoms with Crippen molar-refractivity contribution in [3.63, 3.8) is 0 Å². The first-order chi connectivity index (χ1) is 6.93. The summed E-state index contributed by atoms with van der Waals surface area (Å²) in [7, 11) is 0. The fourth-order valence-corrected chi connectivity index (χ4v) is 1.15. The molecule has 0 saturated carbocycles. The fraction of sp³-hybridized carbons (Fsp3) is 0.300. The van der Waals surface area contributed by atoms with Crippen LogP contribution < -0.4 is 10.5 Å². The lowest BCUT2D eigenvalue weighted by atomic mass is 10.1. The van der Waals surface area contributed by atoms with E-state index in [0.29, 0.717) is 0 Å². The fourth-order valence-electron chi connectivity index (χ4n) is 1.15. The van der Waals surface area contributed by atoms with Gasteiger partial charge < -0.3 is 15.6 Å². The van der Waals surface area contributed by atoms with Crippen molar-refractivity contribution in [2.45, 2.75) is 20.0 Å². The molecule has 15 heavy (non-hydrogen) atoms. The summed E-state index contributed by atoms with van der Waals surface area (Å²) in [5.74, 6) is -1.98. The number of hydrogen-bond acceptors (Lipinski definition) is 3. The van der Waals surface area contributed by atoms with Crippen LogP contribution in [0.15, 0.2) is 12.1 Å². The third kappa shape index (κ3) is 2.37. The van der Waals surface area contributed by atoms with E-state index in [1.807, 2.05) is 0 Å². The maximum atomic E-state index is 13.0. The Hall–Kier alpha value is -1.78. The summed E-state index contributed by atoms with van der Waals surface area (Å²) in [5, 5.41) is 8.86. The van der Waals surface area contributed by atoms with Gasteiger partial charge in [-0.05, 0) is 26.0 Å². The number of nitrogen functional groups attached to an aromatic ring is 1. The monoisotopic (exact) mass is 213 g/mol. The quantitative estimate of drug-likeness (QED) is 0.752. The molecule has 0 atom stereocenters. The molecule has 0 aliphatic rings. The Bertz CT molecular complexity index is 390. The van der Waals surface area contributed by atoms with E-state index in [1.165, 1.54) is 6.07 Å². The van der Waals surface area contributed by atoms with Crippen LogP contribution in [-0.2, 0) is 0 Å². The average Bonchev–Trinajstić information content (AvgIpc) is 2.10. The van der Waals surface area contributed by atoms with E-state index in [0.717, 1.165) is 6.07 Å². The number of carboxylic acids is 1. The highest BCUT2D eigenvalue weighted by Crippen LogP contribution is 2.27. The van der Waals surface area contributed by atoms with E-state index in [9.17, 15) is 9.18 Å². The Morgan fingerprint density at radius 3 is 2.60 bits per heavy atom. The van der Waals surface area contributed by atoms with Crippen LogP contribution in [0.1, 0.15) is 24.2 Å². The number of benzene rings is 1. The van der Waals surface area contributed by atoms with Crippen molar-refractivity contribution in [2.24, 2.45) is 0 Å². The van der Waals surface area contributed by atoms with Gasteiger partial charge in [0.1, 0.15) is 17.1 Å². The molecule has 0 aliphatic carbocycles. The highest BCUT2D eigenvalue weighted by Gasteiger charge is 2.19. The maximum Gasteiger partial charge on any atom is 0.341 e. The number of halogens is 1. The molecule has 1 rings (SSSR count). The van der Waals surface area contributed by atoms with Crippen molar-refractivity contribution < 1.29 is 19.0 Å². The van der Waals surface area contributed by atoms with Crippen molar-refractivity contribution in [3.05, 3.63) is 23.5 Å². The summed E-state index contributed by atoms with van der Waals surface area (Å²) in [4.78, 5) is 10.8. The summed E-state index contributed by atoms with van der Waals surface area (Å²) < 4.78 is 18.2. The second kappa shape index (κ2) is 4.16. The molecule has 0 bridgehead atoms. The van der Waals surface area contributed by atoms with Crippen LogP contribution >= 0.6 is 0 Å². The molecular formula is C10H12FNO3. The third-order valence-corrected chi connectivity index (χ3v) is 1.73. The molecular weight excluding hydrogens is 201 g/mol. The highest BCUT2D eigenvalue weighted by atomic mass is 19.1. The Balaban J connectivity index is 3.27. The second-order valence-corrected chi connectivity index (χ2v) is 3.31. The molecule has 0 radical (unpaired) electrons. The predicted octanol–water partition coefficient (Wildman–Crippen LogP) is 1.89. The first kappa shape index (κ1) is 11.3. The minimum absolute atomic E-state index is 0.0800. The number of carboxylic acid groups (broad SMARTS) is 1. The normalized spacial score (nSPS) is 10.4. The van der Waals surface area contributed by atoms with Gasteiger partial charge in [-0.2, -0.15) is 0 Å². The molecule has 4 nitrogen and oxygen atoms in total. The zero-order chi connectivity index (χ0) is 11.6. The van der Waals surface area contributed by atoms with Crippen LogP contribution in [-0.4, -0.2) is 17.2 Å². The first-order valence-corrected chi connectivity index (χ1v) is 4.41. The van der Waals surface area contributed by atoms with Crippen molar-refractivity contribution in [1.29, 1.82) is 0 Å². The molecule has 3 N–H and O–H groups in total. The Morgan fingerprint density at radius 1 is 1.53 bits per heavy atom. The number of carbonyl (C=O) groups is 1. The summed E-state index contributed by atoms with van der Waals surface area (Å²) in [6, 6.07) is 2.34. The van der Waals surface area contributed by atoms with Crippen LogP contribution in [0, 0.1) is 5.82 Å². The number of nitrogens with two attached hydrogens (primary N) is 1. The van der Waals surface area contributed by atoms with Gasteiger partial charge in [-0.1, -0.05) is 0 Å². The van der Waals surface area contributed by atoms with Gasteiger partial charge in [0.2, 0.25) is 0 Å². The minimum atomic E-state index is -1.30. The van der Waals surface area contributed by atoms with Gasteiger partial charge in [0, 0.05) is 0 Å². The van der Waals surface area contributed by atoms with Gasteiger partial charge in [-0.25, -0.2) is 9.18 Å². The Morgan fingerprint density at radius 2 is 2.13 bits per heavy atom. The third-order valence-electron chi connectivity index (χ3n) is 1.73. The number of hydrogen-bond donors (Lipinski definition) is 2. The predicted molar refractivity (Wildman–Crippen MR) is 53.5 cm³/mol. The molecule has 1 aromatic rings. The van der Waals surface area contributed by atoms with Crippen LogP contribution in [0.25, 0.3) is 0 Å². The van der Waals surface area contributed by atoms with Gasteiger partial charge in [0.05, 0.1) is 11.8 Å². The number of ether oxygens (including phenoxy) is 1. The number of anilines is 1. The molecule has 82 valence electrons. The van der Waals surface area contributed by atoms with E-state index < -0.39 is 17.5 Å². The molecule has 0 amide bonds. The maximum absolute atomic E-state index is 13.0. The van der Waals surface area contributed by atoms with Crippen LogP contribution in [0.3, 0.4) is 0 Å². The smallest absolute Gasteiger partial charge is 0.341 e. The molecule has 0 saturated heterocycles. The van der Waals surface area contributed by atoms with Crippen LogP contribution in [0.4, 0.5) is 10.1 Å². The lowest BCUT2D eigenvalue weighted by Crippen LogP contribution is -2.12. The zero-order valence-electron chi connectivity index (χ0n) is 8.45. The molecule has 5 heteroatoms. The van der Waals surface area contributed by atoms with Crippen LogP contribution in [0.5, 0.6) is 5.75 Å². The summed E-state index contributed by atoms with van der Waals surface area (Å²) in [6.45, 7) is 3.48. The summed E-state index contributed by atoms with van der Waals surface area (Å²) >= 11 is 0. The summed E-state index contributed by atoms with van der Waals surface area (Å²) in [5.41, 5.74) is 4.59. The van der Waals surface area contributed by atoms with Crippen molar-refractivity contribution >= 4 is 11.7 Å². The van der Waals surface area contributed by atoms with E-state index in [1.54, 1.807) is 13.8 Å². The van der Waals surface area contributed by atoms with Gasteiger partial charge in [0.15, 0.2) is 0 Å². The number of aromatic carboxylic acids is 1. The van der Waals surface area contributed by atoms with Gasteiger partial charge in [-0.15, -0.1) is 0 Å². The Labute approximate surface area is 86.5 Å². The molecule has 0 heterocycles. The lowest BCUT2D eigenvalue weighted by molar-refractivity contribution is 0.0691. The van der Waals surface area contributed by atoms with E-state index >= 15 is 0 Å². The lowest BCUT2D eigenvalue weighted by Gasteiger charge is -2.13. The second-order valence-electron chi connectivity index (χ2n) is 3.31. The Kier molecular flexibility index (Phi) is 3.14. The topological polar surface area (TPSA) is 72.5 Å². The first-order valence-electron chi connectivity index (χ1n) is 4.41. The van der Waals surface area contributed by atoms with Gasteiger partial charge in [-0.3, -0.25) is 0 Å². The molecule has 0 spiro atoms. The minimum Gasteiger partial charge on any atom is -0.490 e. The molecule has 0 aromatic heterocycles. The zero-order valence-corrected chi connectivity index (χ0v) is 8.45. The standard InChI is InChI=1S/C10H12FNO3/c1-5(2)15-7-4-3-6(11)9(12)8(7)10(13)14/h3-5H,12H2,1-2H3,(H,13,14). The molecule has 0 unspecified atom stereocenters. The molecule has 1 aromatic carbocycles. The van der Waals surface area contributed by atoms with Gasteiger partial charge >= 0.3 is 5.97 Å². The summed E-state index contributed by atoms with van der Waals surface area (Å²) in [6.07, 6.45) is -0.201. The van der Waals surface area contributed by atoms with Crippen LogP contribution in [0.2, 0.25) is 0 Å². The SMILES string of the molecule is CC(C)Oc1ccc(F)c(N)c1C(=O)O. The molecule has 0 aliphatic heterocycles. The highest BCUT2D eigenvalue weighted by molar-refractivity contribution is 5.96.